The molecule has 94 valence electrons. The summed E-state index contributed by atoms with van der Waals surface area (Å²) in [7, 11) is -4.30. The van der Waals surface area contributed by atoms with Gasteiger partial charge < -0.3 is 4.42 Å². The third-order valence-corrected chi connectivity index (χ3v) is 3.68. The molecule has 0 aliphatic heterocycles. The molecule has 18 heavy (non-hydrogen) atoms. The van der Waals surface area contributed by atoms with Crippen LogP contribution in [0, 0.1) is 6.92 Å². The fourth-order valence-corrected chi connectivity index (χ4v) is 2.51. The van der Waals surface area contributed by atoms with Crippen molar-refractivity contribution in [1.29, 1.82) is 0 Å². The fourth-order valence-electron chi connectivity index (χ4n) is 1.82. The molecule has 0 unspecified atom stereocenters. The van der Waals surface area contributed by atoms with Gasteiger partial charge in [-0.2, -0.15) is 8.42 Å². The molecule has 0 aliphatic carbocycles. The number of fused-ring (bicyclic) bond motifs is 1. The first-order chi connectivity index (χ1) is 7.80. The van der Waals surface area contributed by atoms with Crippen molar-refractivity contribution in [2.24, 2.45) is 0 Å². The summed E-state index contributed by atoms with van der Waals surface area (Å²) in [6, 6.07) is 5.52. The molecule has 0 radical (unpaired) electrons. The Morgan fingerprint density at radius 3 is 2.39 bits per heavy atom. The van der Waals surface area contributed by atoms with E-state index in [0.717, 1.165) is 10.9 Å². The van der Waals surface area contributed by atoms with Crippen LogP contribution in [0.3, 0.4) is 0 Å². The molecule has 0 fully saturated rings. The van der Waals surface area contributed by atoms with Crippen LogP contribution in [0.2, 0.25) is 0 Å². The van der Waals surface area contributed by atoms with E-state index in [1.807, 2.05) is 12.1 Å². The van der Waals surface area contributed by atoms with Crippen molar-refractivity contribution in [2.45, 2.75) is 31.8 Å². The van der Waals surface area contributed by atoms with E-state index in [4.69, 9.17) is 8.97 Å². The summed E-state index contributed by atoms with van der Waals surface area (Å²) >= 11 is 0. The van der Waals surface area contributed by atoms with E-state index in [9.17, 15) is 8.42 Å². The zero-order valence-corrected chi connectivity index (χ0v) is 10.7. The van der Waals surface area contributed by atoms with Crippen LogP contribution >= 0.6 is 0 Å². The van der Waals surface area contributed by atoms with Crippen molar-refractivity contribution in [3.63, 3.8) is 0 Å². The third-order valence-electron chi connectivity index (χ3n) is 2.82. The van der Waals surface area contributed by atoms with Crippen LogP contribution in [0.4, 0.5) is 0 Å². The summed E-state index contributed by atoms with van der Waals surface area (Å²) in [5.74, 6) is 0.350. The minimum atomic E-state index is -4.30. The fraction of sp³-hybridized carbons (Fsp3) is 0.333. The molecule has 0 amide bonds. The first-order valence-electron chi connectivity index (χ1n) is 5.31. The molecule has 6 heteroatoms. The van der Waals surface area contributed by atoms with Crippen molar-refractivity contribution in [2.75, 3.05) is 0 Å². The van der Waals surface area contributed by atoms with Gasteiger partial charge >= 0.3 is 61.5 Å². The molecule has 0 saturated heterocycles. The number of rotatable bonds is 2. The van der Waals surface area contributed by atoms with E-state index < -0.39 is 10.1 Å². The molecule has 1 aromatic heterocycles. The van der Waals surface area contributed by atoms with Crippen molar-refractivity contribution >= 4 is 72.5 Å². The minimum absolute atomic E-state index is 0. The standard InChI is InChI=1S/C12H14O4S.K.H/c1-7(2)9-4-5-11-10(6-9)8(3)12(16-11)17(13,14)15;;/h4-7H,1-3H3,(H,13,14,15);;. The number of hydrogen-bond acceptors (Lipinski definition) is 3. The summed E-state index contributed by atoms with van der Waals surface area (Å²) in [4.78, 5) is 0. The molecule has 4 nitrogen and oxygen atoms in total. The molecular formula is C12H15KO4S. The van der Waals surface area contributed by atoms with Crippen LogP contribution in [0.25, 0.3) is 11.0 Å². The molecule has 2 aromatic rings. The Balaban J connectivity index is 0.00000162. The van der Waals surface area contributed by atoms with Gasteiger partial charge in [-0.1, -0.05) is 19.9 Å². The first kappa shape index (κ1) is 16.4. The summed E-state index contributed by atoms with van der Waals surface area (Å²) in [5, 5.41) is 0.359. The topological polar surface area (TPSA) is 67.5 Å². The molecule has 1 aromatic carbocycles. The predicted octanol–water partition coefficient (Wildman–Crippen LogP) is 2.46. The Morgan fingerprint density at radius 1 is 1.28 bits per heavy atom. The van der Waals surface area contributed by atoms with Crippen molar-refractivity contribution in [3.05, 3.63) is 29.3 Å². The maximum absolute atomic E-state index is 11.1. The van der Waals surface area contributed by atoms with E-state index in [1.165, 1.54) is 0 Å². The molecule has 2 rings (SSSR count). The van der Waals surface area contributed by atoms with Gasteiger partial charge in [0.2, 0.25) is 5.09 Å². The van der Waals surface area contributed by atoms with Gasteiger partial charge in [0.1, 0.15) is 5.58 Å². The van der Waals surface area contributed by atoms with E-state index >= 15 is 0 Å². The van der Waals surface area contributed by atoms with Crippen LogP contribution < -0.4 is 0 Å². The monoisotopic (exact) mass is 294 g/mol. The maximum atomic E-state index is 11.1. The number of aryl methyl sites for hydroxylation is 1. The van der Waals surface area contributed by atoms with E-state index in [0.29, 0.717) is 17.1 Å². The molecule has 0 saturated carbocycles. The van der Waals surface area contributed by atoms with Gasteiger partial charge in [-0.3, -0.25) is 4.55 Å². The summed E-state index contributed by atoms with van der Waals surface area (Å²) < 4.78 is 36.4. The quantitative estimate of drug-likeness (QED) is 0.682. The second-order valence-electron chi connectivity index (χ2n) is 4.40. The van der Waals surface area contributed by atoms with Gasteiger partial charge in [0.15, 0.2) is 0 Å². The first-order valence-corrected chi connectivity index (χ1v) is 6.75. The Kier molecular flexibility index (Phi) is 5.22. The Hall–Kier alpha value is 0.306. The number of benzene rings is 1. The summed E-state index contributed by atoms with van der Waals surface area (Å²) in [6.45, 7) is 5.74. The van der Waals surface area contributed by atoms with Crippen LogP contribution in [0.5, 0.6) is 0 Å². The summed E-state index contributed by atoms with van der Waals surface area (Å²) in [5.41, 5.74) is 2.02. The van der Waals surface area contributed by atoms with Crippen molar-refractivity contribution in [1.82, 2.24) is 0 Å². The molecule has 0 spiro atoms. The summed E-state index contributed by atoms with van der Waals surface area (Å²) in [6.07, 6.45) is 0. The number of hydrogen-bond donors (Lipinski definition) is 1. The van der Waals surface area contributed by atoms with Crippen molar-refractivity contribution < 1.29 is 17.4 Å². The van der Waals surface area contributed by atoms with Gasteiger partial charge in [0.25, 0.3) is 0 Å². The van der Waals surface area contributed by atoms with Gasteiger partial charge in [0, 0.05) is 10.9 Å². The van der Waals surface area contributed by atoms with Gasteiger partial charge in [-0.15, -0.1) is 0 Å². The van der Waals surface area contributed by atoms with Crippen molar-refractivity contribution in [3.8, 4) is 0 Å². The average Bonchev–Trinajstić information content (AvgIpc) is 2.55. The van der Waals surface area contributed by atoms with Crippen LogP contribution in [-0.2, 0) is 10.1 Å². The zero-order valence-electron chi connectivity index (χ0n) is 9.89. The van der Waals surface area contributed by atoms with Crippen LogP contribution in [-0.4, -0.2) is 64.4 Å². The molecule has 1 N–H and O–H groups in total. The molecule has 0 atom stereocenters. The average molecular weight is 294 g/mol. The SMILES string of the molecule is Cc1c(S(=O)(=O)O)oc2ccc(C(C)C)cc12.[KH]. The third kappa shape index (κ3) is 3.06. The molecule has 0 aliphatic rings. The van der Waals surface area contributed by atoms with Crippen LogP contribution in [0.1, 0.15) is 30.9 Å². The molecular weight excluding hydrogens is 279 g/mol. The zero-order chi connectivity index (χ0) is 12.8. The van der Waals surface area contributed by atoms with Crippen LogP contribution in [0.15, 0.2) is 27.7 Å². The number of furan rings is 1. The van der Waals surface area contributed by atoms with Gasteiger partial charge in [0.05, 0.1) is 0 Å². The van der Waals surface area contributed by atoms with E-state index in [2.05, 4.69) is 13.8 Å². The Bertz CT molecular complexity index is 671. The normalized spacial score (nSPS) is 11.8. The van der Waals surface area contributed by atoms with Gasteiger partial charge in [-0.25, -0.2) is 0 Å². The Labute approximate surface area is 149 Å². The predicted molar refractivity (Wildman–Crippen MR) is 72.0 cm³/mol. The van der Waals surface area contributed by atoms with E-state index in [1.54, 1.807) is 13.0 Å². The molecule has 1 heterocycles. The van der Waals surface area contributed by atoms with Gasteiger partial charge in [-0.05, 0) is 30.5 Å². The Morgan fingerprint density at radius 2 is 1.89 bits per heavy atom. The molecule has 0 bridgehead atoms. The van der Waals surface area contributed by atoms with E-state index in [-0.39, 0.29) is 56.5 Å². The second-order valence-corrected chi connectivity index (χ2v) is 5.72. The second kappa shape index (κ2) is 5.74.